The molecule has 0 saturated heterocycles. The molecule has 3 rings (SSSR count). The second-order valence-electron chi connectivity index (χ2n) is 8.16. The van der Waals surface area contributed by atoms with Gasteiger partial charge in [0.15, 0.2) is 9.84 Å². The molecule has 1 saturated carbocycles. The molecule has 0 heterocycles. The van der Waals surface area contributed by atoms with E-state index in [2.05, 4.69) is 19.6 Å². The van der Waals surface area contributed by atoms with Gasteiger partial charge in [-0.2, -0.15) is 0 Å². The van der Waals surface area contributed by atoms with Crippen molar-refractivity contribution in [3.8, 4) is 0 Å². The van der Waals surface area contributed by atoms with Crippen molar-refractivity contribution in [2.75, 3.05) is 18.7 Å². The van der Waals surface area contributed by atoms with E-state index in [0.29, 0.717) is 22.8 Å². The van der Waals surface area contributed by atoms with Gasteiger partial charge in [-0.3, -0.25) is 0 Å². The maximum Gasteiger partial charge on any atom is 0.175 e. The second kappa shape index (κ2) is 8.53. The third-order valence-electron chi connectivity index (χ3n) is 5.83. The number of alkyl halides is 1. The Labute approximate surface area is 179 Å². The first-order chi connectivity index (χ1) is 13.7. The summed E-state index contributed by atoms with van der Waals surface area (Å²) in [6.07, 6.45) is 9.94. The van der Waals surface area contributed by atoms with Crippen LogP contribution in [0.25, 0.3) is 5.57 Å². The third kappa shape index (κ3) is 5.04. The highest BCUT2D eigenvalue weighted by atomic mass is 35.5. The van der Waals surface area contributed by atoms with Crippen LogP contribution < -0.4 is 0 Å². The van der Waals surface area contributed by atoms with E-state index in [0.717, 1.165) is 29.7 Å². The fourth-order valence-corrected chi connectivity index (χ4v) is 4.67. The van der Waals surface area contributed by atoms with E-state index >= 15 is 0 Å². The molecular formula is C24H29ClO3S. The standard InChI is InChI=1S/C24H29ClO3S/c1-5-28-23(18(3)16-25)11-6-17(2)21-14-24(12-13-24)15-22(21)19-7-9-20(10-8-19)29(4,26)27/h6-11H,3,5,12-16H2,1-2,4H3/b17-6+,23-11+. The molecular weight excluding hydrogens is 404 g/mol. The predicted molar refractivity (Wildman–Crippen MR) is 121 cm³/mol. The van der Waals surface area contributed by atoms with Crippen LogP contribution in [0.2, 0.25) is 0 Å². The quantitative estimate of drug-likeness (QED) is 0.284. The van der Waals surface area contributed by atoms with Gasteiger partial charge in [-0.05, 0) is 85.4 Å². The van der Waals surface area contributed by atoms with Crippen LogP contribution in [0.15, 0.2) is 70.4 Å². The van der Waals surface area contributed by atoms with E-state index in [1.54, 1.807) is 12.1 Å². The van der Waals surface area contributed by atoms with Crippen LogP contribution in [0.5, 0.6) is 0 Å². The van der Waals surface area contributed by atoms with Crippen LogP contribution in [-0.4, -0.2) is 27.2 Å². The summed E-state index contributed by atoms with van der Waals surface area (Å²) in [5, 5.41) is 0. The van der Waals surface area contributed by atoms with Crippen LogP contribution in [-0.2, 0) is 14.6 Å². The zero-order chi connectivity index (χ0) is 21.2. The number of benzene rings is 1. The number of allylic oxidation sites excluding steroid dienone is 6. The molecule has 1 aromatic carbocycles. The molecule has 1 spiro atoms. The van der Waals surface area contributed by atoms with E-state index in [-0.39, 0.29) is 0 Å². The molecule has 0 amide bonds. The number of rotatable bonds is 8. The van der Waals surface area contributed by atoms with E-state index in [9.17, 15) is 8.42 Å². The highest BCUT2D eigenvalue weighted by Gasteiger charge is 2.48. The smallest absolute Gasteiger partial charge is 0.175 e. The van der Waals surface area contributed by atoms with Gasteiger partial charge in [0, 0.05) is 11.8 Å². The molecule has 156 valence electrons. The molecule has 0 radical (unpaired) electrons. The summed E-state index contributed by atoms with van der Waals surface area (Å²) in [6, 6.07) is 7.31. The number of sulfone groups is 1. The second-order valence-corrected chi connectivity index (χ2v) is 10.4. The summed E-state index contributed by atoms with van der Waals surface area (Å²) >= 11 is 5.93. The Morgan fingerprint density at radius 3 is 2.38 bits per heavy atom. The Bertz CT molecular complexity index is 991. The Kier molecular flexibility index (Phi) is 6.45. The van der Waals surface area contributed by atoms with Gasteiger partial charge < -0.3 is 4.74 Å². The summed E-state index contributed by atoms with van der Waals surface area (Å²) in [6.45, 7) is 8.62. The molecule has 0 aromatic heterocycles. The summed E-state index contributed by atoms with van der Waals surface area (Å²) in [5.41, 5.74) is 6.19. The molecule has 0 N–H and O–H groups in total. The Hall–Kier alpha value is -1.78. The topological polar surface area (TPSA) is 43.4 Å². The highest BCUT2D eigenvalue weighted by Crippen LogP contribution is 2.62. The number of ether oxygens (including phenoxy) is 1. The van der Waals surface area contributed by atoms with Crippen molar-refractivity contribution < 1.29 is 13.2 Å². The van der Waals surface area contributed by atoms with Crippen molar-refractivity contribution in [3.63, 3.8) is 0 Å². The molecule has 0 unspecified atom stereocenters. The number of hydrogen-bond donors (Lipinski definition) is 0. The molecule has 1 fully saturated rings. The van der Waals surface area contributed by atoms with Crippen molar-refractivity contribution >= 4 is 27.0 Å². The minimum Gasteiger partial charge on any atom is -0.494 e. The Morgan fingerprint density at radius 2 is 1.86 bits per heavy atom. The van der Waals surface area contributed by atoms with Gasteiger partial charge in [0.2, 0.25) is 0 Å². The Morgan fingerprint density at radius 1 is 1.21 bits per heavy atom. The SMILES string of the molecule is C=C(CCl)/C(=C\C=C(/C)C1=C(c2ccc(S(C)(=O)=O)cc2)CC2(CC2)C1)OCC. The molecule has 3 nitrogen and oxygen atoms in total. The van der Waals surface area contributed by atoms with Crippen molar-refractivity contribution in [2.24, 2.45) is 5.41 Å². The molecule has 0 atom stereocenters. The van der Waals surface area contributed by atoms with Crippen LogP contribution >= 0.6 is 11.6 Å². The first-order valence-electron chi connectivity index (χ1n) is 9.97. The van der Waals surface area contributed by atoms with Gasteiger partial charge in [0.1, 0.15) is 5.76 Å². The minimum atomic E-state index is -3.19. The van der Waals surface area contributed by atoms with Crippen LogP contribution in [0, 0.1) is 5.41 Å². The highest BCUT2D eigenvalue weighted by molar-refractivity contribution is 7.90. The first kappa shape index (κ1) is 21.9. The van der Waals surface area contributed by atoms with E-state index in [1.165, 1.54) is 35.8 Å². The molecule has 29 heavy (non-hydrogen) atoms. The number of halogens is 1. The molecule has 2 aliphatic rings. The van der Waals surface area contributed by atoms with Gasteiger partial charge in [0.05, 0.1) is 17.4 Å². The molecule has 0 aliphatic heterocycles. The average molecular weight is 433 g/mol. The third-order valence-corrected chi connectivity index (χ3v) is 7.28. The van der Waals surface area contributed by atoms with Crippen molar-refractivity contribution in [1.29, 1.82) is 0 Å². The monoisotopic (exact) mass is 432 g/mol. The summed E-state index contributed by atoms with van der Waals surface area (Å²) in [7, 11) is -3.19. The Balaban J connectivity index is 1.96. The summed E-state index contributed by atoms with van der Waals surface area (Å²) < 4.78 is 29.2. The average Bonchev–Trinajstić information content (AvgIpc) is 3.33. The fraction of sp³-hybridized carbons (Fsp3) is 0.417. The largest absolute Gasteiger partial charge is 0.494 e. The van der Waals surface area contributed by atoms with Gasteiger partial charge in [0.25, 0.3) is 0 Å². The van der Waals surface area contributed by atoms with E-state index in [4.69, 9.17) is 16.3 Å². The zero-order valence-corrected chi connectivity index (χ0v) is 19.0. The van der Waals surface area contributed by atoms with Crippen LogP contribution in [0.1, 0.15) is 45.1 Å². The molecule has 1 aromatic rings. The van der Waals surface area contributed by atoms with Gasteiger partial charge in [-0.15, -0.1) is 11.6 Å². The lowest BCUT2D eigenvalue weighted by atomic mass is 9.97. The lowest BCUT2D eigenvalue weighted by molar-refractivity contribution is 0.238. The zero-order valence-electron chi connectivity index (χ0n) is 17.4. The van der Waals surface area contributed by atoms with Crippen LogP contribution in [0.3, 0.4) is 0 Å². The van der Waals surface area contributed by atoms with Crippen molar-refractivity contribution in [2.45, 2.75) is 44.4 Å². The van der Waals surface area contributed by atoms with Crippen molar-refractivity contribution in [3.05, 3.63) is 71.0 Å². The van der Waals surface area contributed by atoms with Gasteiger partial charge in [-0.25, -0.2) is 8.42 Å². The van der Waals surface area contributed by atoms with E-state index < -0.39 is 9.84 Å². The van der Waals surface area contributed by atoms with Crippen LogP contribution in [0.4, 0.5) is 0 Å². The molecule has 5 heteroatoms. The maximum absolute atomic E-state index is 11.8. The molecule has 0 bridgehead atoms. The summed E-state index contributed by atoms with van der Waals surface area (Å²) in [4.78, 5) is 0.360. The predicted octanol–water partition coefficient (Wildman–Crippen LogP) is 6.08. The minimum absolute atomic E-state index is 0.336. The van der Waals surface area contributed by atoms with Gasteiger partial charge >= 0.3 is 0 Å². The normalized spacial score (nSPS) is 19.0. The molecule has 2 aliphatic carbocycles. The fourth-order valence-electron chi connectivity index (χ4n) is 3.90. The number of hydrogen-bond acceptors (Lipinski definition) is 3. The van der Waals surface area contributed by atoms with Crippen molar-refractivity contribution in [1.82, 2.24) is 0 Å². The lowest BCUT2D eigenvalue weighted by Gasteiger charge is -2.11. The van der Waals surface area contributed by atoms with Gasteiger partial charge in [-0.1, -0.05) is 24.8 Å². The first-order valence-corrected chi connectivity index (χ1v) is 12.4. The lowest BCUT2D eigenvalue weighted by Crippen LogP contribution is -1.97. The summed E-state index contributed by atoms with van der Waals surface area (Å²) in [5.74, 6) is 1.06. The van der Waals surface area contributed by atoms with E-state index in [1.807, 2.05) is 25.1 Å². The maximum atomic E-state index is 11.8.